The van der Waals surface area contributed by atoms with E-state index < -0.39 is 0 Å². The number of hydrogen-bond donors (Lipinski definition) is 0. The van der Waals surface area contributed by atoms with E-state index in [1.165, 1.54) is 24.0 Å². The minimum absolute atomic E-state index is 0.0538. The molecular formula is C21H22O. The predicted octanol–water partition coefficient (Wildman–Crippen LogP) is 4.67. The molecule has 1 saturated heterocycles. The van der Waals surface area contributed by atoms with Crippen molar-refractivity contribution in [3.63, 3.8) is 0 Å². The van der Waals surface area contributed by atoms with Crippen LogP contribution in [0.2, 0.25) is 0 Å². The Kier molecular flexibility index (Phi) is 2.25. The summed E-state index contributed by atoms with van der Waals surface area (Å²) < 4.78 is 6.62. The maximum absolute atomic E-state index is 6.62. The van der Waals surface area contributed by atoms with Crippen molar-refractivity contribution in [1.29, 1.82) is 0 Å². The fourth-order valence-corrected chi connectivity index (χ4v) is 5.76. The van der Waals surface area contributed by atoms with Gasteiger partial charge in [0.2, 0.25) is 0 Å². The molecule has 0 spiro atoms. The van der Waals surface area contributed by atoms with E-state index >= 15 is 0 Å². The van der Waals surface area contributed by atoms with Crippen LogP contribution >= 0.6 is 0 Å². The van der Waals surface area contributed by atoms with Gasteiger partial charge in [-0.25, -0.2) is 0 Å². The molecule has 22 heavy (non-hydrogen) atoms. The fraction of sp³-hybridized carbons (Fsp3) is 0.429. The van der Waals surface area contributed by atoms with Crippen molar-refractivity contribution in [2.45, 2.75) is 43.3 Å². The Labute approximate surface area is 132 Å². The first-order valence-electron chi connectivity index (χ1n) is 8.46. The molecule has 1 heterocycles. The third-order valence-corrected chi connectivity index (χ3v) is 7.14. The molecule has 2 saturated carbocycles. The van der Waals surface area contributed by atoms with Crippen LogP contribution in [0.5, 0.6) is 0 Å². The van der Waals surface area contributed by atoms with E-state index in [0.717, 1.165) is 5.92 Å². The van der Waals surface area contributed by atoms with Crippen LogP contribution in [0.25, 0.3) is 0 Å². The molecule has 3 aliphatic rings. The molecule has 5 atom stereocenters. The summed E-state index contributed by atoms with van der Waals surface area (Å²) in [5, 5.41) is 0. The van der Waals surface area contributed by atoms with Crippen molar-refractivity contribution in [3.8, 4) is 0 Å². The van der Waals surface area contributed by atoms with E-state index in [1.807, 2.05) is 0 Å². The van der Waals surface area contributed by atoms with Crippen molar-refractivity contribution >= 4 is 0 Å². The summed E-state index contributed by atoms with van der Waals surface area (Å²) in [6, 6.07) is 22.0. The molecule has 0 aromatic heterocycles. The number of fused-ring (bicyclic) bond motifs is 3. The van der Waals surface area contributed by atoms with E-state index in [-0.39, 0.29) is 16.6 Å². The normalized spacial score (nSPS) is 44.8. The van der Waals surface area contributed by atoms with Gasteiger partial charge in [-0.3, -0.25) is 0 Å². The third-order valence-electron chi connectivity index (χ3n) is 7.14. The van der Waals surface area contributed by atoms with Gasteiger partial charge in [0.25, 0.3) is 0 Å². The van der Waals surface area contributed by atoms with Crippen LogP contribution in [-0.2, 0) is 15.8 Å². The first-order valence-corrected chi connectivity index (χ1v) is 8.46. The summed E-state index contributed by atoms with van der Waals surface area (Å²) in [7, 11) is 0. The van der Waals surface area contributed by atoms with Gasteiger partial charge >= 0.3 is 0 Å². The molecule has 2 aliphatic carbocycles. The second-order valence-corrected chi connectivity index (χ2v) is 7.60. The zero-order chi connectivity index (χ0) is 15.0. The summed E-state index contributed by atoms with van der Waals surface area (Å²) >= 11 is 0. The van der Waals surface area contributed by atoms with Crippen LogP contribution in [-0.4, -0.2) is 5.60 Å². The topological polar surface area (TPSA) is 12.5 Å². The van der Waals surface area contributed by atoms with Gasteiger partial charge in [0.1, 0.15) is 11.2 Å². The van der Waals surface area contributed by atoms with Crippen molar-refractivity contribution < 1.29 is 4.74 Å². The standard InChI is InChI=1S/C21H22O/c1-19(15-9-5-3-6-10-15)17-13-14-18(17)21(20(19,2)22-21)16-11-7-4-8-12-16/h3-12,17-18H,13-14H2,1-2H3/t17?,18?,19-,20?,21?/m1/s1. The van der Waals surface area contributed by atoms with Crippen LogP contribution in [0.3, 0.4) is 0 Å². The molecule has 5 rings (SSSR count). The summed E-state index contributed by atoms with van der Waals surface area (Å²) in [4.78, 5) is 0. The van der Waals surface area contributed by atoms with Gasteiger partial charge in [0, 0.05) is 5.41 Å². The average Bonchev–Trinajstić information content (AvgIpc) is 3.13. The number of rotatable bonds is 2. The smallest absolute Gasteiger partial charge is 0.127 e. The van der Waals surface area contributed by atoms with E-state index in [0.29, 0.717) is 5.92 Å². The van der Waals surface area contributed by atoms with Gasteiger partial charge in [-0.2, -0.15) is 0 Å². The largest absolute Gasteiger partial charge is 0.356 e. The lowest BCUT2D eigenvalue weighted by Crippen LogP contribution is -2.45. The fourth-order valence-electron chi connectivity index (χ4n) is 5.76. The molecule has 2 aromatic carbocycles. The van der Waals surface area contributed by atoms with Crippen LogP contribution in [0, 0.1) is 11.8 Å². The first kappa shape index (κ1) is 12.9. The second kappa shape index (κ2) is 3.83. The molecule has 3 fully saturated rings. The predicted molar refractivity (Wildman–Crippen MR) is 87.6 cm³/mol. The lowest BCUT2D eigenvalue weighted by Gasteiger charge is -2.46. The van der Waals surface area contributed by atoms with Gasteiger partial charge in [-0.05, 0) is 42.7 Å². The maximum atomic E-state index is 6.62. The number of epoxide rings is 1. The third kappa shape index (κ3) is 1.16. The summed E-state index contributed by atoms with van der Waals surface area (Å²) in [5.74, 6) is 1.42. The molecule has 112 valence electrons. The summed E-state index contributed by atoms with van der Waals surface area (Å²) in [6.07, 6.45) is 2.64. The van der Waals surface area contributed by atoms with E-state index in [4.69, 9.17) is 4.74 Å². The zero-order valence-electron chi connectivity index (χ0n) is 13.3. The van der Waals surface area contributed by atoms with Crippen molar-refractivity contribution in [2.24, 2.45) is 11.8 Å². The molecule has 1 heteroatoms. The van der Waals surface area contributed by atoms with E-state index in [2.05, 4.69) is 74.5 Å². The molecule has 0 radical (unpaired) electrons. The highest BCUT2D eigenvalue weighted by Gasteiger charge is 2.87. The Balaban J connectivity index is 1.70. The molecule has 1 aliphatic heterocycles. The molecule has 4 unspecified atom stereocenters. The summed E-state index contributed by atoms with van der Waals surface area (Å²) in [6.45, 7) is 4.79. The lowest BCUT2D eigenvalue weighted by molar-refractivity contribution is -0.00318. The first-order chi connectivity index (χ1) is 10.6. The minimum Gasteiger partial charge on any atom is -0.356 e. The quantitative estimate of drug-likeness (QED) is 0.732. The van der Waals surface area contributed by atoms with E-state index in [1.54, 1.807) is 0 Å². The number of ether oxygens (including phenoxy) is 1. The number of benzene rings is 2. The molecule has 0 bridgehead atoms. The van der Waals surface area contributed by atoms with Gasteiger partial charge < -0.3 is 4.74 Å². The Morgan fingerprint density at radius 3 is 1.86 bits per heavy atom. The van der Waals surface area contributed by atoms with E-state index in [9.17, 15) is 0 Å². The van der Waals surface area contributed by atoms with Crippen LogP contribution in [0.1, 0.15) is 37.8 Å². The van der Waals surface area contributed by atoms with Gasteiger partial charge in [0.05, 0.1) is 0 Å². The highest BCUT2D eigenvalue weighted by molar-refractivity contribution is 5.50. The lowest BCUT2D eigenvalue weighted by atomic mass is 9.60. The molecule has 1 nitrogen and oxygen atoms in total. The summed E-state index contributed by atoms with van der Waals surface area (Å²) in [5.41, 5.74) is 2.82. The molecule has 2 aromatic rings. The highest BCUT2D eigenvalue weighted by atomic mass is 16.6. The molecular weight excluding hydrogens is 268 g/mol. The second-order valence-electron chi connectivity index (χ2n) is 7.60. The Morgan fingerprint density at radius 2 is 1.32 bits per heavy atom. The van der Waals surface area contributed by atoms with Gasteiger partial charge in [-0.1, -0.05) is 67.6 Å². The Bertz CT molecular complexity index is 720. The Hall–Kier alpha value is -1.60. The van der Waals surface area contributed by atoms with Crippen LogP contribution in [0.4, 0.5) is 0 Å². The minimum atomic E-state index is -0.0749. The number of hydrogen-bond acceptors (Lipinski definition) is 1. The molecule has 0 amide bonds. The van der Waals surface area contributed by atoms with Crippen LogP contribution in [0.15, 0.2) is 60.7 Å². The molecule has 0 N–H and O–H groups in total. The monoisotopic (exact) mass is 290 g/mol. The highest BCUT2D eigenvalue weighted by Crippen LogP contribution is 2.81. The van der Waals surface area contributed by atoms with Gasteiger partial charge in [-0.15, -0.1) is 0 Å². The van der Waals surface area contributed by atoms with Crippen molar-refractivity contribution in [3.05, 3.63) is 71.8 Å². The van der Waals surface area contributed by atoms with Gasteiger partial charge in [0.15, 0.2) is 0 Å². The SMILES string of the molecule is CC12OC1(c1ccccc1)C1CCC1[C@@]2(C)c1ccccc1. The van der Waals surface area contributed by atoms with Crippen LogP contribution < -0.4 is 0 Å². The average molecular weight is 290 g/mol. The Morgan fingerprint density at radius 1 is 0.773 bits per heavy atom. The van der Waals surface area contributed by atoms with Crippen molar-refractivity contribution in [2.75, 3.05) is 0 Å². The maximum Gasteiger partial charge on any atom is 0.127 e. The zero-order valence-corrected chi connectivity index (χ0v) is 13.3. The van der Waals surface area contributed by atoms with Crippen molar-refractivity contribution in [1.82, 2.24) is 0 Å².